The van der Waals surface area contributed by atoms with E-state index in [1.54, 1.807) is 12.1 Å². The van der Waals surface area contributed by atoms with Gasteiger partial charge in [-0.1, -0.05) is 47.4 Å². The lowest BCUT2D eigenvalue weighted by Gasteiger charge is -2.25. The second-order valence-corrected chi connectivity index (χ2v) is 5.60. The van der Waals surface area contributed by atoms with Crippen molar-refractivity contribution < 1.29 is 0 Å². The number of hydrogen-bond acceptors (Lipinski definition) is 1. The van der Waals surface area contributed by atoms with E-state index in [9.17, 15) is 0 Å². The zero-order valence-corrected chi connectivity index (χ0v) is 12.4. The molecule has 0 heterocycles. The Morgan fingerprint density at radius 1 is 1.10 bits per heavy atom. The summed E-state index contributed by atoms with van der Waals surface area (Å²) in [5.41, 5.74) is 8.17. The average molecular weight is 283 g/mol. The summed E-state index contributed by atoms with van der Waals surface area (Å²) < 4.78 is 0. The molecule has 20 heavy (non-hydrogen) atoms. The third kappa shape index (κ3) is 3.05. The van der Waals surface area contributed by atoms with Gasteiger partial charge in [0.1, 0.15) is 13.7 Å². The van der Waals surface area contributed by atoms with Crippen LogP contribution in [0.15, 0.2) is 53.5 Å². The molecule has 100 valence electrons. The standard InChI is InChI=1S/C16H16BClN2/c1-16(2,13-5-3-4-6-14(13)18)15(19)20-12-9-7-11(17)8-10-12/h3-10H,1-2H3,(H2,19,20). The quantitative estimate of drug-likeness (QED) is 0.524. The Morgan fingerprint density at radius 2 is 1.70 bits per heavy atom. The van der Waals surface area contributed by atoms with Crippen molar-refractivity contribution in [2.75, 3.05) is 0 Å². The third-order valence-electron chi connectivity index (χ3n) is 3.33. The molecular formula is C16H16BClN2. The number of nitrogens with zero attached hydrogens (tertiary/aromatic N) is 1. The van der Waals surface area contributed by atoms with Gasteiger partial charge in [0.2, 0.25) is 0 Å². The number of rotatable bonds is 3. The normalized spacial score (nSPS) is 12.4. The van der Waals surface area contributed by atoms with Crippen LogP contribution in [0.5, 0.6) is 0 Å². The van der Waals surface area contributed by atoms with E-state index < -0.39 is 5.41 Å². The Kier molecular flexibility index (Phi) is 4.19. The molecule has 4 heteroatoms. The molecule has 2 rings (SSSR count). The zero-order valence-electron chi connectivity index (χ0n) is 11.6. The lowest BCUT2D eigenvalue weighted by molar-refractivity contribution is 0.710. The van der Waals surface area contributed by atoms with E-state index in [1.165, 1.54) is 0 Å². The number of amidine groups is 1. The van der Waals surface area contributed by atoms with Crippen LogP contribution in [0, 0.1) is 0 Å². The lowest BCUT2D eigenvalue weighted by Crippen LogP contribution is -2.36. The molecule has 0 aliphatic carbocycles. The lowest BCUT2D eigenvalue weighted by atomic mass is 9.83. The summed E-state index contributed by atoms with van der Waals surface area (Å²) in [7, 11) is 5.66. The number of halogens is 1. The molecule has 2 N–H and O–H groups in total. The fraction of sp³-hybridized carbons (Fsp3) is 0.188. The van der Waals surface area contributed by atoms with Gasteiger partial charge in [0.15, 0.2) is 0 Å². The largest absolute Gasteiger partial charge is 0.386 e. The van der Waals surface area contributed by atoms with E-state index in [2.05, 4.69) is 4.99 Å². The second kappa shape index (κ2) is 5.72. The van der Waals surface area contributed by atoms with Crippen molar-refractivity contribution in [3.8, 4) is 0 Å². The van der Waals surface area contributed by atoms with Gasteiger partial charge in [-0.2, -0.15) is 0 Å². The summed E-state index contributed by atoms with van der Waals surface area (Å²) in [5, 5.41) is 0.688. The molecule has 2 radical (unpaired) electrons. The van der Waals surface area contributed by atoms with Crippen LogP contribution in [0.25, 0.3) is 0 Å². The van der Waals surface area contributed by atoms with Crippen LogP contribution in [0.3, 0.4) is 0 Å². The van der Waals surface area contributed by atoms with Gasteiger partial charge >= 0.3 is 0 Å². The monoisotopic (exact) mass is 282 g/mol. The SMILES string of the molecule is [B]c1ccc(N=C(N)C(C)(C)c2ccccc2Cl)cc1. The third-order valence-corrected chi connectivity index (χ3v) is 3.66. The van der Waals surface area contributed by atoms with Gasteiger partial charge in [0, 0.05) is 10.4 Å². The molecule has 0 aliphatic rings. The Morgan fingerprint density at radius 3 is 2.30 bits per heavy atom. The maximum absolute atomic E-state index is 6.25. The summed E-state index contributed by atoms with van der Waals surface area (Å²) in [5.74, 6) is 0.510. The number of aliphatic imine (C=N–C) groups is 1. The van der Waals surface area contributed by atoms with E-state index >= 15 is 0 Å². The van der Waals surface area contributed by atoms with Crippen molar-refractivity contribution in [3.63, 3.8) is 0 Å². The highest BCUT2D eigenvalue weighted by molar-refractivity contribution is 6.32. The molecule has 2 aromatic rings. The minimum Gasteiger partial charge on any atom is -0.386 e. The van der Waals surface area contributed by atoms with Crippen LogP contribution in [0.4, 0.5) is 5.69 Å². The molecule has 0 atom stereocenters. The average Bonchev–Trinajstić information content (AvgIpc) is 2.41. The first-order chi connectivity index (χ1) is 9.41. The Labute approximate surface area is 126 Å². The molecule has 0 aliphatic heterocycles. The van der Waals surface area contributed by atoms with Crippen LogP contribution in [-0.4, -0.2) is 13.7 Å². The number of benzene rings is 2. The molecule has 0 saturated heterocycles. The first-order valence-electron chi connectivity index (χ1n) is 6.36. The minimum atomic E-state index is -0.445. The Balaban J connectivity index is 2.38. The number of nitrogens with two attached hydrogens (primary N) is 1. The fourth-order valence-electron chi connectivity index (χ4n) is 1.93. The van der Waals surface area contributed by atoms with Crippen LogP contribution >= 0.6 is 11.6 Å². The first kappa shape index (κ1) is 14.7. The van der Waals surface area contributed by atoms with E-state index in [1.807, 2.05) is 50.2 Å². The molecule has 0 unspecified atom stereocenters. The first-order valence-corrected chi connectivity index (χ1v) is 6.74. The summed E-state index contributed by atoms with van der Waals surface area (Å²) in [6, 6.07) is 14.9. The molecule has 0 spiro atoms. The minimum absolute atomic E-state index is 0.445. The van der Waals surface area contributed by atoms with Crippen molar-refractivity contribution in [2.45, 2.75) is 19.3 Å². The van der Waals surface area contributed by atoms with Crippen LogP contribution in [-0.2, 0) is 5.41 Å². The topological polar surface area (TPSA) is 38.4 Å². The van der Waals surface area contributed by atoms with Crippen molar-refractivity contribution in [1.82, 2.24) is 0 Å². The maximum Gasteiger partial charge on any atom is 0.113 e. The van der Waals surface area contributed by atoms with Gasteiger partial charge in [-0.3, -0.25) is 0 Å². The van der Waals surface area contributed by atoms with Crippen LogP contribution in [0.1, 0.15) is 19.4 Å². The maximum atomic E-state index is 6.25. The molecule has 0 aromatic heterocycles. The van der Waals surface area contributed by atoms with E-state index in [0.29, 0.717) is 16.3 Å². The van der Waals surface area contributed by atoms with E-state index in [-0.39, 0.29) is 0 Å². The van der Waals surface area contributed by atoms with Gasteiger partial charge in [-0.25, -0.2) is 4.99 Å². The summed E-state index contributed by atoms with van der Waals surface area (Å²) >= 11 is 6.25. The van der Waals surface area contributed by atoms with Gasteiger partial charge in [-0.15, -0.1) is 0 Å². The highest BCUT2D eigenvalue weighted by atomic mass is 35.5. The van der Waals surface area contributed by atoms with Crippen LogP contribution < -0.4 is 11.2 Å². The van der Waals surface area contributed by atoms with E-state index in [0.717, 1.165) is 11.3 Å². The summed E-state index contributed by atoms with van der Waals surface area (Å²) in [4.78, 5) is 4.47. The molecule has 0 saturated carbocycles. The molecule has 2 aromatic carbocycles. The second-order valence-electron chi connectivity index (χ2n) is 5.19. The van der Waals surface area contributed by atoms with Gasteiger partial charge in [0.25, 0.3) is 0 Å². The molecular weight excluding hydrogens is 266 g/mol. The van der Waals surface area contributed by atoms with Gasteiger partial charge in [-0.05, 0) is 37.6 Å². The van der Waals surface area contributed by atoms with Gasteiger partial charge < -0.3 is 5.73 Å². The van der Waals surface area contributed by atoms with Crippen LogP contribution in [0.2, 0.25) is 5.02 Å². The molecule has 2 nitrogen and oxygen atoms in total. The highest BCUT2D eigenvalue weighted by Gasteiger charge is 2.27. The highest BCUT2D eigenvalue weighted by Crippen LogP contribution is 2.30. The molecule has 0 bridgehead atoms. The molecule has 0 amide bonds. The van der Waals surface area contributed by atoms with E-state index in [4.69, 9.17) is 25.2 Å². The summed E-state index contributed by atoms with van der Waals surface area (Å²) in [6.45, 7) is 4.01. The Bertz CT molecular complexity index is 633. The predicted molar refractivity (Wildman–Crippen MR) is 87.6 cm³/mol. The van der Waals surface area contributed by atoms with Gasteiger partial charge in [0.05, 0.1) is 5.69 Å². The van der Waals surface area contributed by atoms with Crippen molar-refractivity contribution in [2.24, 2.45) is 10.7 Å². The fourth-order valence-corrected chi connectivity index (χ4v) is 2.31. The zero-order chi connectivity index (χ0) is 14.8. The van der Waals surface area contributed by atoms with Crippen molar-refractivity contribution >= 4 is 36.4 Å². The summed E-state index contributed by atoms with van der Waals surface area (Å²) in [6.07, 6.45) is 0. The number of hydrogen-bond donors (Lipinski definition) is 1. The smallest absolute Gasteiger partial charge is 0.113 e. The molecule has 0 fully saturated rings. The van der Waals surface area contributed by atoms with Crippen molar-refractivity contribution in [3.05, 3.63) is 59.1 Å². The van der Waals surface area contributed by atoms with Crippen molar-refractivity contribution in [1.29, 1.82) is 0 Å². The Hall–Kier alpha value is -1.74. The predicted octanol–water partition coefficient (Wildman–Crippen LogP) is 3.10.